The van der Waals surface area contributed by atoms with Gasteiger partial charge in [-0.2, -0.15) is 0 Å². The average molecular weight is 1720 g/mol. The Bertz CT molecular complexity index is 8280. The molecule has 0 amide bonds. The molecule has 5 aliphatic rings. The van der Waals surface area contributed by atoms with Crippen molar-refractivity contribution in [3.63, 3.8) is 0 Å². The van der Waals surface area contributed by atoms with E-state index < -0.39 is 0 Å². The Morgan fingerprint density at radius 1 is 0.159 bits per heavy atom. The summed E-state index contributed by atoms with van der Waals surface area (Å²) < 4.78 is 13.9. The quantitative estimate of drug-likeness (QED) is 0.145. The van der Waals surface area contributed by atoms with Crippen molar-refractivity contribution in [2.45, 2.75) is 120 Å². The zero-order valence-electron chi connectivity index (χ0n) is 80.1. The molecule has 6 aromatic heterocycles. The molecule has 0 spiro atoms. The highest BCUT2D eigenvalue weighted by Gasteiger charge is 2.34. The van der Waals surface area contributed by atoms with Crippen LogP contribution in [0.5, 0.6) is 0 Å². The zero-order chi connectivity index (χ0) is 91.8. The van der Waals surface area contributed by atoms with Gasteiger partial charge in [-0.1, -0.05) is 363 Å². The van der Waals surface area contributed by atoms with Crippen molar-refractivity contribution >= 4 is 131 Å². The van der Waals surface area contributed by atoms with Gasteiger partial charge in [0.2, 0.25) is 0 Å². The van der Waals surface area contributed by atoms with E-state index in [0.717, 1.165) is 0 Å². The van der Waals surface area contributed by atoms with Gasteiger partial charge in [-0.05, 0) is 190 Å². The molecule has 5 atom stereocenters. The molecule has 17 aromatic carbocycles. The summed E-state index contributed by atoms with van der Waals surface area (Å²) in [6.45, 7) is 27.6. The third kappa shape index (κ3) is 13.7. The van der Waals surface area contributed by atoms with Crippen molar-refractivity contribution < 1.29 is 0 Å². The SMILES string of the molecule is CC.CC.CC.CC.CC1c2ccccc2-c2c1ccc1c2c2ccccc2n1C.CC1c2ccccc2-c2cc3c(cc21)c1ccccc1n3C.CC1c2ccccc2-c2cc3c4ccccc4n(C)c3cc21.CC1c2ccccc2-c2ccc3c(c21)c1ccccc1n3C.CC1c2ccccc2-c2ccc3c4ccccc4n(C)c3c21.Cn1c2ccccc2c2ccccc21. The molecule has 0 saturated carbocycles. The highest BCUT2D eigenvalue weighted by Crippen LogP contribution is 2.55. The number of aryl methyl sites for hydroxylation is 6. The van der Waals surface area contributed by atoms with E-state index in [-0.39, 0.29) is 0 Å². The summed E-state index contributed by atoms with van der Waals surface area (Å²) in [4.78, 5) is 0. The molecule has 5 aliphatic carbocycles. The Balaban J connectivity index is 0.000000101. The molecule has 654 valence electrons. The summed E-state index contributed by atoms with van der Waals surface area (Å²) >= 11 is 0. The van der Waals surface area contributed by atoms with Crippen LogP contribution in [-0.2, 0) is 42.3 Å². The number of nitrogens with zero attached hydrogens (tertiary/aromatic N) is 6. The Hall–Kier alpha value is -14.5. The van der Waals surface area contributed by atoms with Crippen molar-refractivity contribution in [1.29, 1.82) is 0 Å². The minimum atomic E-state index is 0.456. The van der Waals surface area contributed by atoms with Crippen LogP contribution >= 0.6 is 0 Å². The minimum absolute atomic E-state index is 0.456. The molecule has 0 aliphatic heterocycles. The van der Waals surface area contributed by atoms with E-state index in [0.29, 0.717) is 29.6 Å². The molecular formula is C126H120N6. The molecule has 6 heteroatoms. The average Bonchev–Trinajstić information content (AvgIpc) is 1.57. The molecule has 28 rings (SSSR count). The van der Waals surface area contributed by atoms with E-state index in [1.54, 1.807) is 0 Å². The summed E-state index contributed by atoms with van der Waals surface area (Å²) in [7, 11) is 13.0. The van der Waals surface area contributed by atoms with Crippen LogP contribution in [0.2, 0.25) is 0 Å². The fraction of sp³-hybridized carbons (Fsp3) is 0.190. The largest absolute Gasteiger partial charge is 0.344 e. The van der Waals surface area contributed by atoms with E-state index in [2.05, 4.69) is 456 Å². The summed E-state index contributed by atoms with van der Waals surface area (Å²) in [5.41, 5.74) is 44.6. The topological polar surface area (TPSA) is 29.6 Å². The van der Waals surface area contributed by atoms with Gasteiger partial charge in [0.05, 0.1) is 5.52 Å². The lowest BCUT2D eigenvalue weighted by atomic mass is 9.95. The minimum Gasteiger partial charge on any atom is -0.344 e. The third-order valence-electron chi connectivity index (χ3n) is 29.2. The number of rotatable bonds is 0. The maximum absolute atomic E-state index is 2.41. The van der Waals surface area contributed by atoms with E-state index in [4.69, 9.17) is 0 Å². The van der Waals surface area contributed by atoms with Crippen molar-refractivity contribution in [3.8, 4) is 55.6 Å². The van der Waals surface area contributed by atoms with E-state index in [1.165, 1.54) is 242 Å². The van der Waals surface area contributed by atoms with Crippen LogP contribution in [0.1, 0.15) is 175 Å². The van der Waals surface area contributed by atoms with Crippen molar-refractivity contribution in [2.75, 3.05) is 0 Å². The number of fused-ring (bicyclic) bond motifs is 36. The first-order valence-electron chi connectivity index (χ1n) is 48.1. The Labute approximate surface area is 777 Å². The first-order chi connectivity index (χ1) is 64.7. The fourth-order valence-electron chi connectivity index (χ4n) is 23.0. The molecule has 132 heavy (non-hydrogen) atoms. The first-order valence-corrected chi connectivity index (χ1v) is 48.1. The van der Waals surface area contributed by atoms with E-state index in [1.807, 2.05) is 55.4 Å². The first kappa shape index (κ1) is 86.9. The van der Waals surface area contributed by atoms with Crippen LogP contribution in [0.25, 0.3) is 186 Å². The van der Waals surface area contributed by atoms with Crippen LogP contribution in [0.4, 0.5) is 0 Å². The Morgan fingerprint density at radius 2 is 0.439 bits per heavy atom. The standard InChI is InChI=1S/5C21H17N.C13H11N.4C2H6/c1-13-14-7-3-4-8-15(14)18-11-19-16-9-5-6-10-20(16)22(2)21(19)12-17(13)18;1-13-14-7-3-4-8-15(14)18-12-21-19(11-17(13)18)16-9-5-6-10-20(16)22(21)2;1-13-14-7-3-4-8-16(14)20-15(13)11-12-19-21(20)17-9-5-6-10-18(17)22(19)2;1-13-14-7-3-4-8-15(14)16-11-12-19-21(20(13)16)17-9-5-6-10-18(17)22(19)2;1-13-14-7-3-4-8-15(14)17-11-12-18-16-9-5-6-10-19(16)22(2)21(18)20(13)17;1-14-12-8-4-2-6-10(12)11-7-3-5-9-13(11)14;4*1-2/h5*3-13H,1-2H3;2-9H,1H3;4*1-2H3. The van der Waals surface area contributed by atoms with Crippen LogP contribution in [0.3, 0.4) is 0 Å². The monoisotopic (exact) mass is 1720 g/mol. The lowest BCUT2D eigenvalue weighted by molar-refractivity contribution is 0.936. The highest BCUT2D eigenvalue weighted by molar-refractivity contribution is 6.19. The highest BCUT2D eigenvalue weighted by atomic mass is 15.0. The van der Waals surface area contributed by atoms with Crippen LogP contribution in [0, 0.1) is 0 Å². The smallest absolute Gasteiger partial charge is 0.0533 e. The molecule has 6 nitrogen and oxygen atoms in total. The van der Waals surface area contributed by atoms with Gasteiger partial charge in [-0.3, -0.25) is 0 Å². The van der Waals surface area contributed by atoms with E-state index in [9.17, 15) is 0 Å². The summed E-state index contributed by atoms with van der Waals surface area (Å²) in [5, 5.41) is 16.4. The van der Waals surface area contributed by atoms with E-state index >= 15 is 0 Å². The molecule has 5 unspecified atom stereocenters. The number of hydrogen-bond acceptors (Lipinski definition) is 0. The molecule has 6 heterocycles. The van der Waals surface area contributed by atoms with Crippen LogP contribution < -0.4 is 0 Å². The molecule has 0 bridgehead atoms. The third-order valence-corrected chi connectivity index (χ3v) is 29.2. The van der Waals surface area contributed by atoms with Crippen LogP contribution in [-0.4, -0.2) is 27.4 Å². The lowest BCUT2D eigenvalue weighted by Gasteiger charge is -2.10. The maximum Gasteiger partial charge on any atom is 0.0533 e. The molecule has 0 N–H and O–H groups in total. The molecule has 0 fully saturated rings. The summed E-state index contributed by atoms with van der Waals surface area (Å²) in [6.07, 6.45) is 0. The second kappa shape index (κ2) is 35.8. The van der Waals surface area contributed by atoms with Crippen molar-refractivity contribution in [3.05, 3.63) is 407 Å². The van der Waals surface area contributed by atoms with Gasteiger partial charge in [0.15, 0.2) is 0 Å². The van der Waals surface area contributed by atoms with Gasteiger partial charge < -0.3 is 27.4 Å². The molecule has 23 aromatic rings. The maximum atomic E-state index is 2.41. The van der Waals surface area contributed by atoms with Crippen molar-refractivity contribution in [2.24, 2.45) is 42.3 Å². The van der Waals surface area contributed by atoms with Crippen LogP contribution in [0.15, 0.2) is 352 Å². The second-order valence-electron chi connectivity index (χ2n) is 35.2. The molecule has 0 radical (unpaired) electrons. The number of hydrogen-bond donors (Lipinski definition) is 0. The predicted molar refractivity (Wildman–Crippen MR) is 573 cm³/mol. The van der Waals surface area contributed by atoms with Gasteiger partial charge >= 0.3 is 0 Å². The van der Waals surface area contributed by atoms with Gasteiger partial charge in [0.1, 0.15) is 0 Å². The summed E-state index contributed by atoms with van der Waals surface area (Å²) in [6, 6.07) is 128. The number of para-hydroxylation sites is 7. The molecule has 0 saturated heterocycles. The molecular weight excluding hydrogens is 1600 g/mol. The summed E-state index contributed by atoms with van der Waals surface area (Å²) in [5.74, 6) is 2.36. The number of benzene rings is 17. The van der Waals surface area contributed by atoms with Gasteiger partial charge in [-0.15, -0.1) is 0 Å². The van der Waals surface area contributed by atoms with Gasteiger partial charge in [0, 0.05) is 197 Å². The zero-order valence-corrected chi connectivity index (χ0v) is 80.1. The normalized spacial score (nSPS) is 14.9. The Morgan fingerprint density at radius 3 is 0.909 bits per heavy atom. The number of aromatic nitrogens is 6. The Kier molecular flexibility index (Phi) is 23.5. The van der Waals surface area contributed by atoms with Gasteiger partial charge in [0.25, 0.3) is 0 Å². The lowest BCUT2D eigenvalue weighted by Crippen LogP contribution is -1.95. The second-order valence-corrected chi connectivity index (χ2v) is 35.2. The van der Waals surface area contributed by atoms with Gasteiger partial charge in [-0.25, -0.2) is 0 Å². The fourth-order valence-corrected chi connectivity index (χ4v) is 23.0. The predicted octanol–water partition coefficient (Wildman–Crippen LogP) is 34.8. The van der Waals surface area contributed by atoms with Crippen molar-refractivity contribution in [1.82, 2.24) is 27.4 Å².